The summed E-state index contributed by atoms with van der Waals surface area (Å²) in [7, 11) is 0. The van der Waals surface area contributed by atoms with E-state index in [0.29, 0.717) is 18.7 Å². The number of nitrogens with one attached hydrogen (secondary N) is 2. The van der Waals surface area contributed by atoms with E-state index >= 15 is 0 Å². The van der Waals surface area contributed by atoms with Gasteiger partial charge in [-0.25, -0.2) is 4.79 Å². The van der Waals surface area contributed by atoms with Gasteiger partial charge in [-0.2, -0.15) is 0 Å². The Bertz CT molecular complexity index is 646. The molecule has 3 rings (SSSR count). The number of hydrogen-bond donors (Lipinski definition) is 3. The number of ether oxygens (including phenoxy) is 1. The fraction of sp³-hybridized carbons (Fsp3) is 0.389. The first-order valence-corrected chi connectivity index (χ1v) is 8.12. The van der Waals surface area contributed by atoms with E-state index in [1.165, 1.54) is 11.8 Å². The van der Waals surface area contributed by atoms with E-state index < -0.39 is 6.10 Å². The number of aliphatic hydroxyl groups excluding tert-OH is 1. The van der Waals surface area contributed by atoms with Crippen molar-refractivity contribution < 1.29 is 19.1 Å². The zero-order chi connectivity index (χ0) is 16.9. The van der Waals surface area contributed by atoms with Crippen LogP contribution in [0.1, 0.15) is 30.8 Å². The van der Waals surface area contributed by atoms with Gasteiger partial charge < -0.3 is 24.9 Å². The van der Waals surface area contributed by atoms with Crippen molar-refractivity contribution in [1.29, 1.82) is 0 Å². The minimum atomic E-state index is -0.733. The lowest BCUT2D eigenvalue weighted by molar-refractivity contribution is 0.129. The number of urea groups is 1. The summed E-state index contributed by atoms with van der Waals surface area (Å²) in [5.74, 6) is 1.39. The molecule has 6 nitrogen and oxygen atoms in total. The molecule has 1 aromatic heterocycles. The van der Waals surface area contributed by atoms with Crippen LogP contribution in [0.5, 0.6) is 5.75 Å². The van der Waals surface area contributed by atoms with Crippen molar-refractivity contribution in [1.82, 2.24) is 10.6 Å². The van der Waals surface area contributed by atoms with Gasteiger partial charge in [0, 0.05) is 18.9 Å². The highest BCUT2D eigenvalue weighted by Crippen LogP contribution is 2.27. The van der Waals surface area contributed by atoms with Gasteiger partial charge in [0.2, 0.25) is 0 Å². The molecule has 24 heavy (non-hydrogen) atoms. The molecular weight excluding hydrogens is 308 g/mol. The van der Waals surface area contributed by atoms with Gasteiger partial charge in [-0.05, 0) is 30.7 Å². The van der Waals surface area contributed by atoms with Crippen LogP contribution in [0.4, 0.5) is 4.79 Å². The Balaban J connectivity index is 1.38. The topological polar surface area (TPSA) is 83.7 Å². The van der Waals surface area contributed by atoms with E-state index in [0.717, 1.165) is 12.2 Å². The first kappa shape index (κ1) is 16.4. The van der Waals surface area contributed by atoms with Crippen molar-refractivity contribution in [2.24, 2.45) is 0 Å². The molecule has 128 valence electrons. The fourth-order valence-corrected chi connectivity index (χ4v) is 2.84. The lowest BCUT2D eigenvalue weighted by Gasteiger charge is -2.18. The first-order chi connectivity index (χ1) is 11.6. The maximum atomic E-state index is 12.0. The van der Waals surface area contributed by atoms with Gasteiger partial charge in [0.1, 0.15) is 23.7 Å². The van der Waals surface area contributed by atoms with Crippen molar-refractivity contribution in [3.05, 3.63) is 54.0 Å². The van der Waals surface area contributed by atoms with E-state index in [4.69, 9.17) is 9.15 Å². The Labute approximate surface area is 140 Å². The van der Waals surface area contributed by atoms with E-state index in [1.54, 1.807) is 12.1 Å². The van der Waals surface area contributed by atoms with Gasteiger partial charge in [0.25, 0.3) is 0 Å². The highest BCUT2D eigenvalue weighted by Gasteiger charge is 2.23. The molecule has 1 aliphatic rings. The van der Waals surface area contributed by atoms with Crippen LogP contribution in [0.15, 0.2) is 47.1 Å². The van der Waals surface area contributed by atoms with E-state index in [1.807, 2.05) is 31.2 Å². The molecule has 6 heteroatoms. The lowest BCUT2D eigenvalue weighted by atomic mass is 10.1. The Hall–Kier alpha value is -2.47. The van der Waals surface area contributed by atoms with E-state index in [-0.39, 0.29) is 18.2 Å². The van der Waals surface area contributed by atoms with Crippen molar-refractivity contribution in [2.45, 2.75) is 38.0 Å². The summed E-state index contributed by atoms with van der Waals surface area (Å²) >= 11 is 0. The highest BCUT2D eigenvalue weighted by molar-refractivity contribution is 5.74. The van der Waals surface area contributed by atoms with Crippen LogP contribution >= 0.6 is 0 Å². The molecule has 3 N–H and O–H groups in total. The molecule has 1 aromatic carbocycles. The third kappa shape index (κ3) is 4.08. The normalized spacial score (nSPS) is 18.3. The van der Waals surface area contributed by atoms with Gasteiger partial charge >= 0.3 is 6.03 Å². The number of furan rings is 1. The number of benzene rings is 1. The molecule has 0 fully saturated rings. The van der Waals surface area contributed by atoms with Crippen molar-refractivity contribution in [2.75, 3.05) is 6.54 Å². The molecule has 0 saturated heterocycles. The quantitative estimate of drug-likeness (QED) is 0.759. The number of fused-ring (bicyclic) bond motifs is 1. The lowest BCUT2D eigenvalue weighted by Crippen LogP contribution is -2.44. The van der Waals surface area contributed by atoms with Gasteiger partial charge in [-0.15, -0.1) is 0 Å². The summed E-state index contributed by atoms with van der Waals surface area (Å²) in [6, 6.07) is 10.9. The van der Waals surface area contributed by atoms with Crippen LogP contribution in [0, 0.1) is 0 Å². The number of para-hydroxylation sites is 1. The molecule has 0 unspecified atom stereocenters. The van der Waals surface area contributed by atoms with E-state index in [9.17, 15) is 9.90 Å². The molecule has 0 radical (unpaired) electrons. The number of carbonyl (C=O) groups excluding carboxylic acids is 1. The second-order valence-electron chi connectivity index (χ2n) is 6.07. The molecule has 1 aliphatic heterocycles. The Kier molecular flexibility index (Phi) is 5.05. The van der Waals surface area contributed by atoms with Gasteiger partial charge in [-0.1, -0.05) is 18.2 Å². The molecule has 0 bridgehead atoms. The zero-order valence-corrected chi connectivity index (χ0v) is 13.6. The van der Waals surface area contributed by atoms with E-state index in [2.05, 4.69) is 10.6 Å². The molecular formula is C18H22N2O4. The average Bonchev–Trinajstić information content (AvgIpc) is 3.21. The largest absolute Gasteiger partial charge is 0.488 e. The average molecular weight is 330 g/mol. The summed E-state index contributed by atoms with van der Waals surface area (Å²) in [5, 5.41) is 15.6. The monoisotopic (exact) mass is 330 g/mol. The molecule has 2 amide bonds. The van der Waals surface area contributed by atoms with Crippen LogP contribution in [-0.4, -0.2) is 29.8 Å². The third-order valence-electron chi connectivity index (χ3n) is 4.03. The summed E-state index contributed by atoms with van der Waals surface area (Å²) in [5.41, 5.74) is 1.17. The molecule has 0 aliphatic carbocycles. The molecule has 0 spiro atoms. The Morgan fingerprint density at radius 1 is 1.33 bits per heavy atom. The summed E-state index contributed by atoms with van der Waals surface area (Å²) in [6.07, 6.45) is 1.92. The zero-order valence-electron chi connectivity index (χ0n) is 13.6. The Morgan fingerprint density at radius 2 is 2.17 bits per heavy atom. The molecule has 3 atom stereocenters. The van der Waals surface area contributed by atoms with Crippen LogP contribution in [0.3, 0.4) is 0 Å². The van der Waals surface area contributed by atoms with Crippen molar-refractivity contribution >= 4 is 6.03 Å². The molecule has 0 saturated carbocycles. The summed E-state index contributed by atoms with van der Waals surface area (Å²) in [6.45, 7) is 2.28. The van der Waals surface area contributed by atoms with Crippen LogP contribution < -0.4 is 15.4 Å². The summed E-state index contributed by atoms with van der Waals surface area (Å²) in [4.78, 5) is 12.0. The van der Waals surface area contributed by atoms with Crippen LogP contribution in [0.25, 0.3) is 0 Å². The smallest absolute Gasteiger partial charge is 0.315 e. The summed E-state index contributed by atoms with van der Waals surface area (Å²) < 4.78 is 10.9. The minimum absolute atomic E-state index is 0.0443. The minimum Gasteiger partial charge on any atom is -0.488 e. The van der Waals surface area contributed by atoms with Gasteiger partial charge in [0.15, 0.2) is 0 Å². The number of amides is 2. The first-order valence-electron chi connectivity index (χ1n) is 8.12. The fourth-order valence-electron chi connectivity index (χ4n) is 2.84. The van der Waals surface area contributed by atoms with Crippen molar-refractivity contribution in [3.63, 3.8) is 0 Å². The van der Waals surface area contributed by atoms with Crippen LogP contribution in [0.2, 0.25) is 0 Å². The number of rotatable bonds is 6. The van der Waals surface area contributed by atoms with Gasteiger partial charge in [0.05, 0.1) is 12.8 Å². The second kappa shape index (κ2) is 7.40. The highest BCUT2D eigenvalue weighted by atomic mass is 16.5. The number of hydrogen-bond acceptors (Lipinski definition) is 4. The maximum absolute atomic E-state index is 12.0. The SMILES string of the molecule is C[C@H](C[C@@H](O)c1ccco1)NC(=O)NC[C@@H]1Cc2ccccc2O1. The van der Waals surface area contributed by atoms with Gasteiger partial charge in [-0.3, -0.25) is 0 Å². The third-order valence-corrected chi connectivity index (χ3v) is 4.03. The number of aliphatic hydroxyl groups is 1. The predicted molar refractivity (Wildman–Crippen MR) is 88.8 cm³/mol. The molecule has 2 heterocycles. The standard InChI is InChI=1S/C18H22N2O4/c1-12(9-15(21)17-7-4-8-23-17)20-18(22)19-11-14-10-13-5-2-3-6-16(13)24-14/h2-8,12,14-15,21H,9-11H2,1H3,(H2,19,20,22)/t12-,14+,15-/m1/s1. The molecule has 2 aromatic rings. The maximum Gasteiger partial charge on any atom is 0.315 e. The van der Waals surface area contributed by atoms with Crippen LogP contribution in [-0.2, 0) is 6.42 Å². The second-order valence-corrected chi connectivity index (χ2v) is 6.07. The van der Waals surface area contributed by atoms with Crippen molar-refractivity contribution in [3.8, 4) is 5.75 Å². The Morgan fingerprint density at radius 3 is 2.92 bits per heavy atom. The predicted octanol–water partition coefficient (Wildman–Crippen LogP) is 2.39. The number of carbonyl (C=O) groups is 1.